The smallest absolute Gasteiger partial charge is 0.244 e. The van der Waals surface area contributed by atoms with Crippen molar-refractivity contribution >= 4 is 21.4 Å². The molecular formula is C14H16N2O3S2. The second-order valence-corrected chi connectivity index (χ2v) is 7.83. The average Bonchev–Trinajstić information content (AvgIpc) is 3.17. The van der Waals surface area contributed by atoms with E-state index in [4.69, 9.17) is 0 Å². The Bertz CT molecular complexity index is 686. The Labute approximate surface area is 127 Å². The lowest BCUT2D eigenvalue weighted by molar-refractivity contribution is 0.223. The van der Waals surface area contributed by atoms with E-state index in [2.05, 4.69) is 4.98 Å². The van der Waals surface area contributed by atoms with Crippen LogP contribution in [0.25, 0.3) is 0 Å². The van der Waals surface area contributed by atoms with Gasteiger partial charge in [0.15, 0.2) is 0 Å². The van der Waals surface area contributed by atoms with Crippen molar-refractivity contribution in [2.24, 2.45) is 5.92 Å². The fraction of sp³-hybridized carbons (Fsp3) is 0.357. The van der Waals surface area contributed by atoms with Crippen LogP contribution in [0.1, 0.15) is 11.5 Å². The van der Waals surface area contributed by atoms with Gasteiger partial charge in [-0.1, -0.05) is 0 Å². The van der Waals surface area contributed by atoms with Crippen LogP contribution in [0.4, 0.5) is 0 Å². The predicted molar refractivity (Wildman–Crippen MR) is 80.6 cm³/mol. The molecule has 1 aliphatic rings. The first-order valence-corrected chi connectivity index (χ1v) is 9.04. The van der Waals surface area contributed by atoms with Crippen molar-refractivity contribution in [2.75, 3.05) is 19.7 Å². The Morgan fingerprint density at radius 2 is 2.24 bits per heavy atom. The van der Waals surface area contributed by atoms with Crippen molar-refractivity contribution in [2.45, 2.75) is 10.8 Å². The highest BCUT2D eigenvalue weighted by molar-refractivity contribution is 7.89. The van der Waals surface area contributed by atoms with Gasteiger partial charge in [0.25, 0.3) is 0 Å². The maximum absolute atomic E-state index is 12.6. The first-order valence-electron chi connectivity index (χ1n) is 6.66. The summed E-state index contributed by atoms with van der Waals surface area (Å²) >= 11 is 1.58. The topological polar surface area (TPSA) is 70.5 Å². The van der Waals surface area contributed by atoms with E-state index in [1.807, 2.05) is 16.8 Å². The second-order valence-electron chi connectivity index (χ2n) is 5.12. The summed E-state index contributed by atoms with van der Waals surface area (Å²) in [5.74, 6) is -0.0151. The molecule has 0 aliphatic carbocycles. The average molecular weight is 324 g/mol. The van der Waals surface area contributed by atoms with Gasteiger partial charge in [0.05, 0.1) is 0 Å². The SMILES string of the molecule is O=S(=O)(c1cccnc1)N1C[C@@H](CO)[C@@H](c2ccsc2)C1. The minimum atomic E-state index is -3.54. The molecule has 1 aliphatic heterocycles. The van der Waals surface area contributed by atoms with Gasteiger partial charge in [-0.3, -0.25) is 4.98 Å². The highest BCUT2D eigenvalue weighted by Crippen LogP contribution is 2.36. The van der Waals surface area contributed by atoms with Gasteiger partial charge in [-0.05, 0) is 34.5 Å². The number of aromatic nitrogens is 1. The number of nitrogens with zero attached hydrogens (tertiary/aromatic N) is 2. The van der Waals surface area contributed by atoms with Crippen LogP contribution >= 0.6 is 11.3 Å². The summed E-state index contributed by atoms with van der Waals surface area (Å²) in [4.78, 5) is 4.08. The Kier molecular flexibility index (Phi) is 4.08. The Morgan fingerprint density at radius 1 is 1.38 bits per heavy atom. The first kappa shape index (κ1) is 14.6. The van der Waals surface area contributed by atoms with Crippen LogP contribution in [0.15, 0.2) is 46.2 Å². The zero-order valence-corrected chi connectivity index (χ0v) is 12.9. The molecule has 0 unspecified atom stereocenters. The van der Waals surface area contributed by atoms with Crippen LogP contribution in [0.2, 0.25) is 0 Å². The van der Waals surface area contributed by atoms with Crippen molar-refractivity contribution in [3.05, 3.63) is 46.9 Å². The third-order valence-electron chi connectivity index (χ3n) is 3.89. The molecule has 21 heavy (non-hydrogen) atoms. The highest BCUT2D eigenvalue weighted by Gasteiger charge is 2.39. The molecule has 3 heterocycles. The molecule has 2 aromatic heterocycles. The minimum absolute atomic E-state index is 0.0143. The van der Waals surface area contributed by atoms with Crippen LogP contribution in [-0.2, 0) is 10.0 Å². The van der Waals surface area contributed by atoms with Crippen molar-refractivity contribution in [1.82, 2.24) is 9.29 Å². The maximum atomic E-state index is 12.6. The molecule has 112 valence electrons. The van der Waals surface area contributed by atoms with Gasteiger partial charge in [-0.25, -0.2) is 8.42 Å². The summed E-state index contributed by atoms with van der Waals surface area (Å²) < 4.78 is 26.7. The summed E-state index contributed by atoms with van der Waals surface area (Å²) in [6, 6.07) is 5.16. The lowest BCUT2D eigenvalue weighted by Gasteiger charge is -2.16. The summed E-state index contributed by atoms with van der Waals surface area (Å²) in [6.07, 6.45) is 2.91. The van der Waals surface area contributed by atoms with E-state index in [9.17, 15) is 13.5 Å². The third-order valence-corrected chi connectivity index (χ3v) is 6.40. The second kappa shape index (κ2) is 5.84. The molecule has 1 saturated heterocycles. The number of rotatable bonds is 4. The molecule has 0 bridgehead atoms. The molecule has 1 N–H and O–H groups in total. The number of aliphatic hydroxyl groups is 1. The molecule has 5 nitrogen and oxygen atoms in total. The number of hydrogen-bond acceptors (Lipinski definition) is 5. The van der Waals surface area contributed by atoms with E-state index in [-0.39, 0.29) is 23.3 Å². The van der Waals surface area contributed by atoms with Gasteiger partial charge >= 0.3 is 0 Å². The number of sulfonamides is 1. The number of thiophene rings is 1. The molecular weight excluding hydrogens is 308 g/mol. The molecule has 0 aromatic carbocycles. The van der Waals surface area contributed by atoms with Gasteiger partial charge in [0.1, 0.15) is 4.90 Å². The lowest BCUT2D eigenvalue weighted by Crippen LogP contribution is -2.29. The van der Waals surface area contributed by atoms with Crippen molar-refractivity contribution in [3.8, 4) is 0 Å². The van der Waals surface area contributed by atoms with E-state index < -0.39 is 10.0 Å². The van der Waals surface area contributed by atoms with Crippen LogP contribution in [0.5, 0.6) is 0 Å². The van der Waals surface area contributed by atoms with Gasteiger partial charge < -0.3 is 5.11 Å². The van der Waals surface area contributed by atoms with Crippen LogP contribution in [0.3, 0.4) is 0 Å². The quantitative estimate of drug-likeness (QED) is 0.926. The van der Waals surface area contributed by atoms with Crippen LogP contribution in [-0.4, -0.2) is 42.5 Å². The molecule has 2 atom stereocenters. The summed E-state index contributed by atoms with van der Waals surface area (Å²) in [5.41, 5.74) is 1.10. The minimum Gasteiger partial charge on any atom is -0.396 e. The summed E-state index contributed by atoms with van der Waals surface area (Å²) in [6.45, 7) is 0.729. The zero-order valence-electron chi connectivity index (χ0n) is 11.3. The van der Waals surface area contributed by atoms with Gasteiger partial charge in [0, 0.05) is 43.9 Å². The van der Waals surface area contributed by atoms with Crippen LogP contribution in [0, 0.1) is 5.92 Å². The zero-order chi connectivity index (χ0) is 14.9. The van der Waals surface area contributed by atoms with Gasteiger partial charge in [-0.15, -0.1) is 0 Å². The fourth-order valence-corrected chi connectivity index (χ4v) is 4.94. The maximum Gasteiger partial charge on any atom is 0.244 e. The molecule has 2 aromatic rings. The normalized spacial score (nSPS) is 23.5. The van der Waals surface area contributed by atoms with E-state index in [1.54, 1.807) is 29.7 Å². The molecule has 7 heteroatoms. The van der Waals surface area contributed by atoms with E-state index in [0.29, 0.717) is 13.1 Å². The van der Waals surface area contributed by atoms with Gasteiger partial charge in [-0.2, -0.15) is 15.6 Å². The number of pyridine rings is 1. The molecule has 0 amide bonds. The highest BCUT2D eigenvalue weighted by atomic mass is 32.2. The molecule has 0 saturated carbocycles. The molecule has 3 rings (SSSR count). The Hall–Kier alpha value is -1.28. The monoisotopic (exact) mass is 324 g/mol. The predicted octanol–water partition coefficient (Wildman–Crippen LogP) is 1.54. The van der Waals surface area contributed by atoms with E-state index in [0.717, 1.165) is 5.56 Å². The van der Waals surface area contributed by atoms with E-state index >= 15 is 0 Å². The molecule has 0 spiro atoms. The summed E-state index contributed by atoms with van der Waals surface area (Å²) in [7, 11) is -3.54. The Morgan fingerprint density at radius 3 is 2.86 bits per heavy atom. The summed E-state index contributed by atoms with van der Waals surface area (Å²) in [5, 5.41) is 13.6. The third kappa shape index (κ3) is 2.74. The lowest BCUT2D eigenvalue weighted by atomic mass is 9.92. The molecule has 1 fully saturated rings. The van der Waals surface area contributed by atoms with Crippen LogP contribution < -0.4 is 0 Å². The first-order chi connectivity index (χ1) is 10.1. The van der Waals surface area contributed by atoms with Gasteiger partial charge in [0.2, 0.25) is 10.0 Å². The fourth-order valence-electron chi connectivity index (χ4n) is 2.73. The largest absolute Gasteiger partial charge is 0.396 e. The molecule has 0 radical (unpaired) electrons. The number of aliphatic hydroxyl groups excluding tert-OH is 1. The van der Waals surface area contributed by atoms with E-state index in [1.165, 1.54) is 10.5 Å². The van der Waals surface area contributed by atoms with Crippen molar-refractivity contribution in [1.29, 1.82) is 0 Å². The van der Waals surface area contributed by atoms with Crippen molar-refractivity contribution < 1.29 is 13.5 Å². The Balaban J connectivity index is 1.88. The van der Waals surface area contributed by atoms with Crippen molar-refractivity contribution in [3.63, 3.8) is 0 Å². The standard InChI is InChI=1S/C14H16N2O3S2/c17-9-12-7-16(8-14(12)11-3-5-20-10-11)21(18,19)13-2-1-4-15-6-13/h1-6,10,12,14,17H,7-9H2/t12-,14+/m0/s1. The number of hydrogen-bond donors (Lipinski definition) is 1.